The second-order valence-electron chi connectivity index (χ2n) is 6.04. The number of amides is 2. The van der Waals surface area contributed by atoms with Gasteiger partial charge in [0.15, 0.2) is 6.17 Å². The van der Waals surface area contributed by atoms with E-state index in [1.54, 1.807) is 0 Å². The Labute approximate surface area is 134 Å². The molecule has 0 aromatic heterocycles. The number of rotatable bonds is 9. The van der Waals surface area contributed by atoms with E-state index in [4.69, 9.17) is 5.11 Å². The molecule has 1 atom stereocenters. The number of carbonyl (C=O) groups excluding carboxylic acids is 1. The standard InChI is InChI=1S/C15H25F3N2O3/c16-12(13(21)22)5-3-1-2-4-10-19-14(23)20-11-6-8-15(17,18)9-7-11/h11-12H,1-10H2,(H,21,22)(H2,19,20,23). The van der Waals surface area contributed by atoms with Crippen LogP contribution >= 0.6 is 0 Å². The molecule has 0 heterocycles. The molecule has 0 spiro atoms. The summed E-state index contributed by atoms with van der Waals surface area (Å²) in [7, 11) is 0. The molecule has 1 saturated carbocycles. The van der Waals surface area contributed by atoms with E-state index in [0.717, 1.165) is 6.42 Å². The summed E-state index contributed by atoms with van der Waals surface area (Å²) in [5.41, 5.74) is 0. The van der Waals surface area contributed by atoms with Gasteiger partial charge in [-0.1, -0.05) is 12.8 Å². The van der Waals surface area contributed by atoms with Gasteiger partial charge in [0.2, 0.25) is 5.92 Å². The lowest BCUT2D eigenvalue weighted by Gasteiger charge is -2.28. The van der Waals surface area contributed by atoms with Gasteiger partial charge in [-0.05, 0) is 32.1 Å². The van der Waals surface area contributed by atoms with Crippen LogP contribution in [0.3, 0.4) is 0 Å². The Kier molecular flexibility index (Phi) is 8.19. The van der Waals surface area contributed by atoms with E-state index in [1.807, 2.05) is 0 Å². The second-order valence-corrected chi connectivity index (χ2v) is 6.04. The summed E-state index contributed by atoms with van der Waals surface area (Å²) < 4.78 is 38.7. The van der Waals surface area contributed by atoms with Crippen LogP contribution in [0.4, 0.5) is 18.0 Å². The van der Waals surface area contributed by atoms with Crippen LogP contribution in [-0.4, -0.2) is 41.8 Å². The van der Waals surface area contributed by atoms with Gasteiger partial charge in [0.25, 0.3) is 0 Å². The number of halogens is 3. The van der Waals surface area contributed by atoms with Crippen LogP contribution in [0.5, 0.6) is 0 Å². The Balaban J connectivity index is 1.97. The largest absolute Gasteiger partial charge is 0.479 e. The van der Waals surface area contributed by atoms with Gasteiger partial charge in [0.1, 0.15) is 0 Å². The molecule has 1 rings (SSSR count). The summed E-state index contributed by atoms with van der Waals surface area (Å²) in [6.45, 7) is 0.451. The van der Waals surface area contributed by atoms with Crippen molar-refractivity contribution in [1.82, 2.24) is 10.6 Å². The Morgan fingerprint density at radius 2 is 1.74 bits per heavy atom. The van der Waals surface area contributed by atoms with E-state index in [2.05, 4.69) is 10.6 Å². The fraction of sp³-hybridized carbons (Fsp3) is 0.867. The molecule has 0 aliphatic heterocycles. The lowest BCUT2D eigenvalue weighted by atomic mass is 9.92. The molecule has 1 aliphatic carbocycles. The summed E-state index contributed by atoms with van der Waals surface area (Å²) >= 11 is 0. The number of urea groups is 1. The molecule has 1 unspecified atom stereocenters. The third-order valence-corrected chi connectivity index (χ3v) is 3.99. The van der Waals surface area contributed by atoms with Crippen LogP contribution < -0.4 is 10.6 Å². The fourth-order valence-corrected chi connectivity index (χ4v) is 2.55. The Hall–Kier alpha value is -1.47. The first-order valence-corrected chi connectivity index (χ1v) is 8.09. The predicted molar refractivity (Wildman–Crippen MR) is 79.4 cm³/mol. The van der Waals surface area contributed by atoms with Gasteiger partial charge in [-0.15, -0.1) is 0 Å². The maximum Gasteiger partial charge on any atom is 0.338 e. The lowest BCUT2D eigenvalue weighted by molar-refractivity contribution is -0.143. The molecule has 134 valence electrons. The third kappa shape index (κ3) is 8.66. The minimum Gasteiger partial charge on any atom is -0.479 e. The first-order chi connectivity index (χ1) is 10.8. The number of carboxylic acids is 1. The van der Waals surface area contributed by atoms with E-state index in [9.17, 15) is 22.8 Å². The fourth-order valence-electron chi connectivity index (χ4n) is 2.55. The second kappa shape index (κ2) is 9.62. The van der Waals surface area contributed by atoms with E-state index in [1.165, 1.54) is 0 Å². The van der Waals surface area contributed by atoms with Gasteiger partial charge in [-0.3, -0.25) is 0 Å². The highest BCUT2D eigenvalue weighted by molar-refractivity contribution is 5.74. The van der Waals surface area contributed by atoms with Crippen molar-refractivity contribution in [1.29, 1.82) is 0 Å². The minimum absolute atomic E-state index is 0.00949. The Morgan fingerprint density at radius 1 is 1.13 bits per heavy atom. The summed E-state index contributed by atoms with van der Waals surface area (Å²) in [5.74, 6) is -4.03. The molecular formula is C15H25F3N2O3. The van der Waals surface area contributed by atoms with Gasteiger partial charge in [-0.2, -0.15) is 0 Å². The smallest absolute Gasteiger partial charge is 0.338 e. The molecule has 5 nitrogen and oxygen atoms in total. The van der Waals surface area contributed by atoms with Gasteiger partial charge in [-0.25, -0.2) is 22.8 Å². The quantitative estimate of drug-likeness (QED) is 0.565. The highest BCUT2D eigenvalue weighted by atomic mass is 19.3. The number of alkyl halides is 3. The summed E-state index contributed by atoms with van der Waals surface area (Å²) in [5, 5.41) is 13.7. The number of carboxylic acid groups (broad SMARTS) is 1. The monoisotopic (exact) mass is 338 g/mol. The van der Waals surface area contributed by atoms with Crippen molar-refractivity contribution in [3.63, 3.8) is 0 Å². The first-order valence-electron chi connectivity index (χ1n) is 8.09. The third-order valence-electron chi connectivity index (χ3n) is 3.99. The van der Waals surface area contributed by atoms with Crippen LogP contribution in [0.1, 0.15) is 57.8 Å². The molecule has 0 radical (unpaired) electrons. The average Bonchev–Trinajstić information content (AvgIpc) is 2.48. The number of unbranched alkanes of at least 4 members (excludes halogenated alkanes) is 3. The maximum atomic E-state index is 13.0. The van der Waals surface area contributed by atoms with Crippen LogP contribution in [0.25, 0.3) is 0 Å². The Morgan fingerprint density at radius 3 is 2.35 bits per heavy atom. The normalized spacial score (nSPS) is 19.1. The molecular weight excluding hydrogens is 313 g/mol. The van der Waals surface area contributed by atoms with Gasteiger partial charge in [0.05, 0.1) is 0 Å². The highest BCUT2D eigenvalue weighted by Crippen LogP contribution is 2.32. The molecule has 8 heteroatoms. The van der Waals surface area contributed by atoms with Crippen LogP contribution in [0.15, 0.2) is 0 Å². The van der Waals surface area contributed by atoms with Crippen molar-refractivity contribution in [3.8, 4) is 0 Å². The summed E-state index contributed by atoms with van der Waals surface area (Å²) in [4.78, 5) is 21.9. The molecule has 3 N–H and O–H groups in total. The zero-order valence-corrected chi connectivity index (χ0v) is 13.1. The molecule has 23 heavy (non-hydrogen) atoms. The molecule has 1 aliphatic rings. The molecule has 0 bridgehead atoms. The van der Waals surface area contributed by atoms with E-state index in [-0.39, 0.29) is 44.2 Å². The van der Waals surface area contributed by atoms with Crippen molar-refractivity contribution >= 4 is 12.0 Å². The number of hydrogen-bond acceptors (Lipinski definition) is 2. The average molecular weight is 338 g/mol. The number of hydrogen-bond donors (Lipinski definition) is 3. The van der Waals surface area contributed by atoms with Crippen molar-refractivity contribution in [2.24, 2.45) is 0 Å². The Bertz CT molecular complexity index is 384. The number of aliphatic carboxylic acids is 1. The minimum atomic E-state index is -2.60. The zero-order chi connectivity index (χ0) is 17.3. The van der Waals surface area contributed by atoms with Crippen molar-refractivity contribution in [3.05, 3.63) is 0 Å². The number of nitrogens with one attached hydrogen (secondary N) is 2. The van der Waals surface area contributed by atoms with Gasteiger partial charge < -0.3 is 15.7 Å². The van der Waals surface area contributed by atoms with Gasteiger partial charge >= 0.3 is 12.0 Å². The molecule has 0 saturated heterocycles. The summed E-state index contributed by atoms with van der Waals surface area (Å²) in [6.07, 6.45) is 1.07. The van der Waals surface area contributed by atoms with E-state index in [0.29, 0.717) is 25.8 Å². The molecule has 0 aromatic rings. The van der Waals surface area contributed by atoms with Crippen molar-refractivity contribution in [2.75, 3.05) is 6.54 Å². The molecule has 1 fully saturated rings. The lowest BCUT2D eigenvalue weighted by Crippen LogP contribution is -2.45. The van der Waals surface area contributed by atoms with Crippen LogP contribution in [0, 0.1) is 0 Å². The maximum absolute atomic E-state index is 13.0. The van der Waals surface area contributed by atoms with Gasteiger partial charge in [0, 0.05) is 25.4 Å². The van der Waals surface area contributed by atoms with Crippen molar-refractivity contribution < 1.29 is 27.9 Å². The zero-order valence-electron chi connectivity index (χ0n) is 13.1. The predicted octanol–water partition coefficient (Wildman–Crippen LogP) is 3.24. The van der Waals surface area contributed by atoms with Crippen molar-refractivity contribution in [2.45, 2.75) is 75.9 Å². The van der Waals surface area contributed by atoms with E-state index < -0.39 is 18.1 Å². The molecule has 2 amide bonds. The highest BCUT2D eigenvalue weighted by Gasteiger charge is 2.35. The molecule has 0 aromatic carbocycles. The SMILES string of the molecule is O=C(NCCCCCCC(F)C(=O)O)NC1CCC(F)(F)CC1. The van der Waals surface area contributed by atoms with Crippen LogP contribution in [0.2, 0.25) is 0 Å². The number of carbonyl (C=O) groups is 2. The van der Waals surface area contributed by atoms with Crippen LogP contribution in [-0.2, 0) is 4.79 Å². The topological polar surface area (TPSA) is 78.4 Å². The summed E-state index contributed by atoms with van der Waals surface area (Å²) in [6, 6.07) is -0.554. The first kappa shape index (κ1) is 19.6. The van der Waals surface area contributed by atoms with E-state index >= 15 is 0 Å².